The van der Waals surface area contributed by atoms with E-state index in [1.54, 1.807) is 11.0 Å². The summed E-state index contributed by atoms with van der Waals surface area (Å²) >= 11 is 0. The molecule has 7 nitrogen and oxygen atoms in total. The van der Waals surface area contributed by atoms with E-state index in [2.05, 4.69) is 5.32 Å². The van der Waals surface area contributed by atoms with Crippen molar-refractivity contribution < 1.29 is 18.0 Å². The molecule has 1 N–H and O–H groups in total. The lowest BCUT2D eigenvalue weighted by Gasteiger charge is -2.34. The third kappa shape index (κ3) is 8.19. The number of carbonyl (C=O) groups excluding carboxylic acids is 2. The number of anilines is 1. The fraction of sp³-hybridized carbons (Fsp3) is 0.394. The summed E-state index contributed by atoms with van der Waals surface area (Å²) in [4.78, 5) is 29.8. The molecular weight excluding hydrogens is 534 g/mol. The number of aryl methyl sites for hydroxylation is 3. The first-order valence-electron chi connectivity index (χ1n) is 14.3. The molecule has 0 heterocycles. The zero-order valence-electron chi connectivity index (χ0n) is 24.5. The zero-order chi connectivity index (χ0) is 29.6. The topological polar surface area (TPSA) is 86.8 Å². The van der Waals surface area contributed by atoms with Crippen LogP contribution in [-0.2, 0) is 32.6 Å². The van der Waals surface area contributed by atoms with E-state index in [1.165, 1.54) is 0 Å². The van der Waals surface area contributed by atoms with Gasteiger partial charge in [0.05, 0.1) is 11.9 Å². The number of amides is 2. The number of nitrogens with one attached hydrogen (secondary N) is 1. The van der Waals surface area contributed by atoms with Gasteiger partial charge >= 0.3 is 0 Å². The molecule has 0 bridgehead atoms. The van der Waals surface area contributed by atoms with Gasteiger partial charge in [-0.1, -0.05) is 85.1 Å². The van der Waals surface area contributed by atoms with Crippen molar-refractivity contribution in [2.45, 2.75) is 71.5 Å². The Labute approximate surface area is 244 Å². The molecule has 0 spiro atoms. The van der Waals surface area contributed by atoms with Crippen LogP contribution in [-0.4, -0.2) is 50.0 Å². The molecule has 3 aromatic carbocycles. The molecule has 8 heteroatoms. The lowest BCUT2D eigenvalue weighted by molar-refractivity contribution is -0.140. The summed E-state index contributed by atoms with van der Waals surface area (Å²) in [7, 11) is -3.80. The van der Waals surface area contributed by atoms with E-state index >= 15 is 0 Å². The van der Waals surface area contributed by atoms with Gasteiger partial charge in [0.1, 0.15) is 12.6 Å². The van der Waals surface area contributed by atoms with Crippen molar-refractivity contribution in [1.82, 2.24) is 10.2 Å². The highest BCUT2D eigenvalue weighted by Crippen LogP contribution is 2.25. The van der Waals surface area contributed by atoms with Crippen molar-refractivity contribution in [2.24, 2.45) is 0 Å². The number of rotatable bonds is 11. The van der Waals surface area contributed by atoms with Gasteiger partial charge in [-0.25, -0.2) is 8.42 Å². The van der Waals surface area contributed by atoms with Crippen molar-refractivity contribution in [2.75, 3.05) is 17.1 Å². The summed E-state index contributed by atoms with van der Waals surface area (Å²) in [5, 5.41) is 3.20. The number of hydrogen-bond acceptors (Lipinski definition) is 4. The van der Waals surface area contributed by atoms with Crippen LogP contribution in [0, 0.1) is 20.8 Å². The molecule has 4 rings (SSSR count). The van der Waals surface area contributed by atoms with Gasteiger partial charge in [0.2, 0.25) is 21.8 Å². The first-order chi connectivity index (χ1) is 19.5. The normalized spacial score (nSPS) is 14.4. The minimum Gasteiger partial charge on any atom is -0.352 e. The molecule has 3 aromatic rings. The molecule has 1 aliphatic carbocycles. The van der Waals surface area contributed by atoms with Crippen LogP contribution in [0.2, 0.25) is 0 Å². The van der Waals surface area contributed by atoms with Crippen LogP contribution in [0.5, 0.6) is 0 Å². The zero-order valence-corrected chi connectivity index (χ0v) is 25.3. The van der Waals surface area contributed by atoms with Gasteiger partial charge < -0.3 is 10.2 Å². The second-order valence-corrected chi connectivity index (χ2v) is 13.2. The van der Waals surface area contributed by atoms with Crippen molar-refractivity contribution >= 4 is 27.5 Å². The van der Waals surface area contributed by atoms with Crippen molar-refractivity contribution in [1.29, 1.82) is 0 Å². The number of hydrogen-bond donors (Lipinski definition) is 1. The molecule has 2 amide bonds. The van der Waals surface area contributed by atoms with Gasteiger partial charge in [-0.3, -0.25) is 13.9 Å². The Balaban J connectivity index is 1.74. The quantitative estimate of drug-likeness (QED) is 0.346. The molecule has 1 unspecified atom stereocenters. The monoisotopic (exact) mass is 575 g/mol. The Morgan fingerprint density at radius 2 is 1.54 bits per heavy atom. The highest BCUT2D eigenvalue weighted by molar-refractivity contribution is 7.92. The van der Waals surface area contributed by atoms with Crippen LogP contribution in [0.25, 0.3) is 0 Å². The van der Waals surface area contributed by atoms with Gasteiger partial charge in [0.25, 0.3) is 0 Å². The number of sulfonamides is 1. The minimum absolute atomic E-state index is 0.0826. The van der Waals surface area contributed by atoms with Crippen molar-refractivity contribution in [3.8, 4) is 0 Å². The molecule has 1 atom stereocenters. The van der Waals surface area contributed by atoms with E-state index in [-0.39, 0.29) is 18.5 Å². The second kappa shape index (κ2) is 13.3. The Kier molecular flexibility index (Phi) is 9.86. The number of benzene rings is 3. The Morgan fingerprint density at radius 1 is 0.878 bits per heavy atom. The maximum Gasteiger partial charge on any atom is 0.244 e. The van der Waals surface area contributed by atoms with E-state index in [4.69, 9.17) is 0 Å². The van der Waals surface area contributed by atoms with Crippen LogP contribution < -0.4 is 9.62 Å². The average Bonchev–Trinajstić information content (AvgIpc) is 3.43. The predicted molar refractivity (Wildman–Crippen MR) is 164 cm³/mol. The van der Waals surface area contributed by atoms with E-state index in [0.29, 0.717) is 12.1 Å². The fourth-order valence-electron chi connectivity index (χ4n) is 5.51. The molecule has 1 fully saturated rings. The lowest BCUT2D eigenvalue weighted by Crippen LogP contribution is -2.54. The van der Waals surface area contributed by atoms with Crippen LogP contribution in [0.3, 0.4) is 0 Å². The van der Waals surface area contributed by atoms with Crippen LogP contribution in [0.15, 0.2) is 72.8 Å². The predicted octanol–water partition coefficient (Wildman–Crippen LogP) is 5.08. The van der Waals surface area contributed by atoms with Gasteiger partial charge in [0, 0.05) is 19.0 Å². The molecule has 0 aromatic heterocycles. The largest absolute Gasteiger partial charge is 0.352 e. The first-order valence-corrected chi connectivity index (χ1v) is 16.1. The Morgan fingerprint density at radius 3 is 2.20 bits per heavy atom. The van der Waals surface area contributed by atoms with Crippen molar-refractivity contribution in [3.63, 3.8) is 0 Å². The molecule has 218 valence electrons. The maximum absolute atomic E-state index is 14.3. The third-order valence-electron chi connectivity index (χ3n) is 7.72. The third-order valence-corrected chi connectivity index (χ3v) is 8.85. The molecular formula is C33H41N3O4S. The van der Waals surface area contributed by atoms with Crippen LogP contribution in [0.4, 0.5) is 5.69 Å². The lowest BCUT2D eigenvalue weighted by atomic mass is 10.0. The number of nitrogens with zero attached hydrogens (tertiary/aromatic N) is 2. The highest BCUT2D eigenvalue weighted by atomic mass is 32.2. The Hall–Kier alpha value is -3.65. The standard InChI is InChI=1S/C33H41N3O4S/c1-24-11-10-14-28(19-24)22-35(32(37)23-36(41(4,39)40)30-20-25(2)17-18-26(30)3)31(21-27-12-6-5-7-13-27)33(38)34-29-15-8-9-16-29/h5-7,10-14,17-20,29,31H,8-9,15-16,21-23H2,1-4H3,(H,34,38). The molecule has 1 saturated carbocycles. The number of carbonyl (C=O) groups is 2. The molecule has 41 heavy (non-hydrogen) atoms. The minimum atomic E-state index is -3.80. The smallest absolute Gasteiger partial charge is 0.244 e. The fourth-order valence-corrected chi connectivity index (χ4v) is 6.41. The summed E-state index contributed by atoms with van der Waals surface area (Å²) in [5.41, 5.74) is 4.95. The van der Waals surface area contributed by atoms with Gasteiger partial charge in [-0.05, 0) is 61.9 Å². The molecule has 0 aliphatic heterocycles. The van der Waals surface area contributed by atoms with E-state index in [1.807, 2.05) is 87.5 Å². The van der Waals surface area contributed by atoms with Gasteiger partial charge in [-0.15, -0.1) is 0 Å². The second-order valence-electron chi connectivity index (χ2n) is 11.3. The summed E-state index contributed by atoms with van der Waals surface area (Å²) in [6.45, 7) is 5.47. The van der Waals surface area contributed by atoms with E-state index in [0.717, 1.165) is 64.1 Å². The first kappa shape index (κ1) is 30.3. The van der Waals surface area contributed by atoms with Crippen LogP contribution in [0.1, 0.15) is 53.5 Å². The Bertz CT molecular complexity index is 1470. The van der Waals surface area contributed by atoms with E-state index < -0.39 is 28.5 Å². The molecule has 0 saturated heterocycles. The summed E-state index contributed by atoms with van der Waals surface area (Å²) in [5.74, 6) is -0.639. The van der Waals surface area contributed by atoms with Gasteiger partial charge in [0.15, 0.2) is 0 Å². The SMILES string of the molecule is Cc1cccc(CN(C(=O)CN(c2cc(C)ccc2C)S(C)(=O)=O)C(Cc2ccccc2)C(=O)NC2CCCC2)c1. The summed E-state index contributed by atoms with van der Waals surface area (Å²) in [6.07, 6.45) is 5.41. The molecule has 0 radical (unpaired) electrons. The average molecular weight is 576 g/mol. The molecule has 1 aliphatic rings. The van der Waals surface area contributed by atoms with E-state index in [9.17, 15) is 18.0 Å². The van der Waals surface area contributed by atoms with Crippen molar-refractivity contribution in [3.05, 3.63) is 101 Å². The summed E-state index contributed by atoms with van der Waals surface area (Å²) in [6, 6.07) is 22.3. The van der Waals surface area contributed by atoms with Gasteiger partial charge in [-0.2, -0.15) is 0 Å². The maximum atomic E-state index is 14.3. The summed E-state index contributed by atoms with van der Waals surface area (Å²) < 4.78 is 27.3. The highest BCUT2D eigenvalue weighted by Gasteiger charge is 2.34. The van der Waals surface area contributed by atoms with Crippen LogP contribution >= 0.6 is 0 Å².